The first-order valence-electron chi connectivity index (χ1n) is 6.68. The number of aromatic nitrogens is 3. The molecule has 2 rings (SSSR count). The summed E-state index contributed by atoms with van der Waals surface area (Å²) in [6.45, 7) is 1.83. The van der Waals surface area contributed by atoms with Gasteiger partial charge in [0.1, 0.15) is 0 Å². The summed E-state index contributed by atoms with van der Waals surface area (Å²) in [5, 5.41) is 10.6. The molecule has 1 aromatic rings. The summed E-state index contributed by atoms with van der Waals surface area (Å²) in [5.41, 5.74) is 5.79. The first kappa shape index (κ1) is 13.0. The third-order valence-corrected chi connectivity index (χ3v) is 3.41. The van der Waals surface area contributed by atoms with Gasteiger partial charge in [-0.3, -0.25) is 9.48 Å². The number of carbonyl (C=O) groups excluding carboxylic acids is 1. The summed E-state index contributed by atoms with van der Waals surface area (Å²) in [6.07, 6.45) is 7.99. The second-order valence-corrected chi connectivity index (χ2v) is 4.87. The molecule has 100 valence electrons. The van der Waals surface area contributed by atoms with Crippen LogP contribution in [0.3, 0.4) is 0 Å². The third kappa shape index (κ3) is 3.53. The number of nitrogens with zero attached hydrogens (tertiary/aromatic N) is 3. The quantitative estimate of drug-likeness (QED) is 0.800. The van der Waals surface area contributed by atoms with Crippen molar-refractivity contribution in [2.24, 2.45) is 11.7 Å². The second kappa shape index (κ2) is 6.49. The van der Waals surface area contributed by atoms with Crippen LogP contribution in [0.2, 0.25) is 0 Å². The highest BCUT2D eigenvalue weighted by molar-refractivity contribution is 5.91. The molecular formula is C12H21N5O. The molecule has 1 aliphatic carbocycles. The Labute approximate surface area is 107 Å². The summed E-state index contributed by atoms with van der Waals surface area (Å²) in [7, 11) is 0. The van der Waals surface area contributed by atoms with Crippen LogP contribution in [-0.4, -0.2) is 34.0 Å². The lowest BCUT2D eigenvalue weighted by atomic mass is 9.89. The average molecular weight is 251 g/mol. The third-order valence-electron chi connectivity index (χ3n) is 3.41. The fraction of sp³-hybridized carbons (Fsp3) is 0.750. The second-order valence-electron chi connectivity index (χ2n) is 4.87. The monoisotopic (exact) mass is 251 g/mol. The fourth-order valence-electron chi connectivity index (χ4n) is 2.36. The zero-order valence-corrected chi connectivity index (χ0v) is 10.6. The molecular weight excluding hydrogens is 230 g/mol. The molecule has 0 bridgehead atoms. The zero-order chi connectivity index (χ0) is 12.8. The van der Waals surface area contributed by atoms with Crippen LogP contribution >= 0.6 is 0 Å². The zero-order valence-electron chi connectivity index (χ0n) is 10.6. The van der Waals surface area contributed by atoms with Gasteiger partial charge in [-0.1, -0.05) is 24.5 Å². The highest BCUT2D eigenvalue weighted by atomic mass is 16.2. The molecule has 1 saturated carbocycles. The lowest BCUT2D eigenvalue weighted by molar-refractivity contribution is 0.0938. The lowest BCUT2D eigenvalue weighted by Gasteiger charge is -2.21. The van der Waals surface area contributed by atoms with E-state index in [1.54, 1.807) is 10.9 Å². The predicted octanol–water partition coefficient (Wildman–Crippen LogP) is 0.547. The van der Waals surface area contributed by atoms with Crippen LogP contribution in [0.1, 0.15) is 42.6 Å². The Bertz CT molecular complexity index is 384. The summed E-state index contributed by atoms with van der Waals surface area (Å²) in [4.78, 5) is 11.8. The van der Waals surface area contributed by atoms with Gasteiger partial charge in [0.2, 0.25) is 0 Å². The van der Waals surface area contributed by atoms with E-state index in [0.717, 1.165) is 6.54 Å². The van der Waals surface area contributed by atoms with Crippen molar-refractivity contribution in [3.05, 3.63) is 11.9 Å². The number of hydrogen-bond donors (Lipinski definition) is 2. The molecule has 0 spiro atoms. The molecule has 0 unspecified atom stereocenters. The van der Waals surface area contributed by atoms with E-state index in [1.807, 2.05) is 0 Å². The normalized spacial score (nSPS) is 16.7. The molecule has 1 amide bonds. The van der Waals surface area contributed by atoms with Gasteiger partial charge in [-0.15, -0.1) is 5.10 Å². The van der Waals surface area contributed by atoms with Crippen molar-refractivity contribution < 1.29 is 4.79 Å². The van der Waals surface area contributed by atoms with E-state index >= 15 is 0 Å². The maximum absolute atomic E-state index is 11.8. The molecule has 0 aliphatic heterocycles. The van der Waals surface area contributed by atoms with Crippen LogP contribution in [0, 0.1) is 5.92 Å². The first-order chi connectivity index (χ1) is 8.79. The van der Waals surface area contributed by atoms with Crippen LogP contribution in [0.25, 0.3) is 0 Å². The molecule has 6 heteroatoms. The van der Waals surface area contributed by atoms with Gasteiger partial charge < -0.3 is 11.1 Å². The van der Waals surface area contributed by atoms with Crippen molar-refractivity contribution in [1.82, 2.24) is 20.3 Å². The SMILES string of the molecule is NCCn1cc(C(=O)NCC2CCCCC2)nn1. The summed E-state index contributed by atoms with van der Waals surface area (Å²) >= 11 is 0. The average Bonchev–Trinajstić information content (AvgIpc) is 2.86. The van der Waals surface area contributed by atoms with Crippen molar-refractivity contribution in [1.29, 1.82) is 0 Å². The minimum Gasteiger partial charge on any atom is -0.350 e. The first-order valence-corrected chi connectivity index (χ1v) is 6.68. The lowest BCUT2D eigenvalue weighted by Crippen LogP contribution is -2.30. The standard InChI is InChI=1S/C12H21N5O/c13-6-7-17-9-11(15-16-17)12(18)14-8-10-4-2-1-3-5-10/h9-10H,1-8,13H2,(H,14,18). The van der Waals surface area contributed by atoms with Gasteiger partial charge in [-0.2, -0.15) is 0 Å². The van der Waals surface area contributed by atoms with E-state index < -0.39 is 0 Å². The van der Waals surface area contributed by atoms with Crippen molar-refractivity contribution in [2.75, 3.05) is 13.1 Å². The van der Waals surface area contributed by atoms with Gasteiger partial charge in [0, 0.05) is 13.1 Å². The molecule has 3 N–H and O–H groups in total. The van der Waals surface area contributed by atoms with Gasteiger partial charge >= 0.3 is 0 Å². The van der Waals surface area contributed by atoms with E-state index in [1.165, 1.54) is 32.1 Å². The van der Waals surface area contributed by atoms with Crippen molar-refractivity contribution in [3.8, 4) is 0 Å². The fourth-order valence-corrected chi connectivity index (χ4v) is 2.36. The number of carbonyl (C=O) groups is 1. The minimum atomic E-state index is -0.135. The molecule has 1 aromatic heterocycles. The highest BCUT2D eigenvalue weighted by Crippen LogP contribution is 2.22. The van der Waals surface area contributed by atoms with Crippen LogP contribution in [0.4, 0.5) is 0 Å². The molecule has 0 atom stereocenters. The van der Waals surface area contributed by atoms with Crippen molar-refractivity contribution in [2.45, 2.75) is 38.6 Å². The number of nitrogens with two attached hydrogens (primary N) is 1. The summed E-state index contributed by atoms with van der Waals surface area (Å²) in [6, 6.07) is 0. The largest absolute Gasteiger partial charge is 0.350 e. The van der Waals surface area contributed by atoms with Gasteiger partial charge in [0.25, 0.3) is 5.91 Å². The Morgan fingerprint density at radius 3 is 2.94 bits per heavy atom. The van der Waals surface area contributed by atoms with E-state index in [-0.39, 0.29) is 5.91 Å². The van der Waals surface area contributed by atoms with Crippen LogP contribution in [-0.2, 0) is 6.54 Å². The molecule has 0 aromatic carbocycles. The summed E-state index contributed by atoms with van der Waals surface area (Å²) in [5.74, 6) is 0.491. The van der Waals surface area contributed by atoms with E-state index in [0.29, 0.717) is 24.7 Å². The topological polar surface area (TPSA) is 85.8 Å². The van der Waals surface area contributed by atoms with Crippen LogP contribution < -0.4 is 11.1 Å². The number of nitrogens with one attached hydrogen (secondary N) is 1. The smallest absolute Gasteiger partial charge is 0.273 e. The molecule has 1 fully saturated rings. The number of amides is 1. The maximum atomic E-state index is 11.8. The molecule has 1 heterocycles. The Hall–Kier alpha value is -1.43. The maximum Gasteiger partial charge on any atom is 0.273 e. The number of hydrogen-bond acceptors (Lipinski definition) is 4. The van der Waals surface area contributed by atoms with Crippen LogP contribution in [0.15, 0.2) is 6.20 Å². The van der Waals surface area contributed by atoms with Gasteiger partial charge in [0.05, 0.1) is 12.7 Å². The van der Waals surface area contributed by atoms with E-state index in [9.17, 15) is 4.79 Å². The van der Waals surface area contributed by atoms with E-state index in [4.69, 9.17) is 5.73 Å². The van der Waals surface area contributed by atoms with Crippen LogP contribution in [0.5, 0.6) is 0 Å². The number of rotatable bonds is 5. The molecule has 1 aliphatic rings. The van der Waals surface area contributed by atoms with Crippen molar-refractivity contribution >= 4 is 5.91 Å². The minimum absolute atomic E-state index is 0.135. The molecule has 0 saturated heterocycles. The Morgan fingerprint density at radius 2 is 2.22 bits per heavy atom. The Kier molecular flexibility index (Phi) is 4.69. The predicted molar refractivity (Wildman–Crippen MR) is 68.0 cm³/mol. The molecule has 18 heavy (non-hydrogen) atoms. The Morgan fingerprint density at radius 1 is 1.44 bits per heavy atom. The summed E-state index contributed by atoms with van der Waals surface area (Å²) < 4.78 is 1.59. The highest BCUT2D eigenvalue weighted by Gasteiger charge is 2.16. The van der Waals surface area contributed by atoms with Crippen molar-refractivity contribution in [3.63, 3.8) is 0 Å². The molecule has 6 nitrogen and oxygen atoms in total. The molecule has 0 radical (unpaired) electrons. The van der Waals surface area contributed by atoms with Gasteiger partial charge in [0.15, 0.2) is 5.69 Å². The Balaban J connectivity index is 1.79. The van der Waals surface area contributed by atoms with E-state index in [2.05, 4.69) is 15.6 Å². The van der Waals surface area contributed by atoms with Gasteiger partial charge in [-0.25, -0.2) is 0 Å². The van der Waals surface area contributed by atoms with Gasteiger partial charge in [-0.05, 0) is 18.8 Å².